The number of nitrogens with zero attached hydrogens (tertiary/aromatic N) is 3. The van der Waals surface area contributed by atoms with E-state index in [1.54, 1.807) is 80.2 Å². The second kappa shape index (κ2) is 11.6. The maximum atomic E-state index is 13.6. The van der Waals surface area contributed by atoms with Crippen LogP contribution in [0.15, 0.2) is 102 Å². The Morgan fingerprint density at radius 3 is 2.26 bits per heavy atom. The largest absolute Gasteiger partial charge is 0.482 e. The van der Waals surface area contributed by atoms with E-state index in [4.69, 9.17) is 9.47 Å². The third-order valence-corrected chi connectivity index (χ3v) is 7.29. The Hall–Kier alpha value is -3.95. The van der Waals surface area contributed by atoms with Gasteiger partial charge < -0.3 is 9.47 Å². The molecule has 1 heterocycles. The first-order chi connectivity index (χ1) is 18.1. The molecule has 0 atom stereocenters. The van der Waals surface area contributed by atoms with Crippen molar-refractivity contribution in [2.75, 3.05) is 6.61 Å². The minimum Gasteiger partial charge on any atom is -0.482 e. The maximum absolute atomic E-state index is 13.6. The fourth-order valence-electron chi connectivity index (χ4n) is 3.80. The second-order valence-corrected chi connectivity index (χ2v) is 11.7. The molecule has 0 N–H and O–H groups in total. The molecule has 0 unspecified atom stereocenters. The normalized spacial score (nSPS) is 11.9. The van der Waals surface area contributed by atoms with Gasteiger partial charge in [-0.1, -0.05) is 42.5 Å². The number of benzene rings is 3. The van der Waals surface area contributed by atoms with Crippen molar-refractivity contribution in [2.45, 2.75) is 44.4 Å². The SMILES string of the molecule is CC(C)(C)OC(=O)COc1cccc(CN(Cc2ccc(-n3cccn3)cc2)S(=O)(=O)c2ccccc2)c1. The monoisotopic (exact) mass is 533 g/mol. The molecule has 0 aliphatic rings. The molecule has 0 radical (unpaired) electrons. The summed E-state index contributed by atoms with van der Waals surface area (Å²) in [4.78, 5) is 12.3. The molecule has 4 rings (SSSR count). The Bertz CT molecular complexity index is 1450. The lowest BCUT2D eigenvalue weighted by atomic mass is 10.2. The Labute approximate surface area is 223 Å². The summed E-state index contributed by atoms with van der Waals surface area (Å²) in [5.41, 5.74) is 1.83. The minimum absolute atomic E-state index is 0.113. The number of aromatic nitrogens is 2. The van der Waals surface area contributed by atoms with Gasteiger partial charge in [0, 0.05) is 25.5 Å². The van der Waals surface area contributed by atoms with Gasteiger partial charge in [-0.2, -0.15) is 9.40 Å². The molecule has 0 spiro atoms. The van der Waals surface area contributed by atoms with Crippen molar-refractivity contribution in [3.63, 3.8) is 0 Å². The molecule has 0 aliphatic heterocycles. The van der Waals surface area contributed by atoms with Gasteiger partial charge in [0.1, 0.15) is 11.4 Å². The zero-order valence-corrected chi connectivity index (χ0v) is 22.5. The molecule has 3 aromatic carbocycles. The van der Waals surface area contributed by atoms with Crippen LogP contribution < -0.4 is 4.74 Å². The minimum atomic E-state index is -3.81. The summed E-state index contributed by atoms with van der Waals surface area (Å²) in [6.07, 6.45) is 3.55. The van der Waals surface area contributed by atoms with E-state index < -0.39 is 21.6 Å². The zero-order valence-electron chi connectivity index (χ0n) is 21.7. The number of carbonyl (C=O) groups excluding carboxylic acids is 1. The van der Waals surface area contributed by atoms with E-state index >= 15 is 0 Å². The van der Waals surface area contributed by atoms with E-state index in [0.717, 1.165) is 16.8 Å². The van der Waals surface area contributed by atoms with Crippen molar-refractivity contribution in [3.05, 3.63) is 108 Å². The van der Waals surface area contributed by atoms with Gasteiger partial charge in [0.25, 0.3) is 0 Å². The Balaban J connectivity index is 1.55. The molecule has 0 bridgehead atoms. The number of hydrogen-bond donors (Lipinski definition) is 0. The van der Waals surface area contributed by atoms with Crippen molar-refractivity contribution < 1.29 is 22.7 Å². The third kappa shape index (κ3) is 7.30. The summed E-state index contributed by atoms with van der Waals surface area (Å²) in [5.74, 6) is -0.0243. The number of rotatable bonds is 10. The lowest BCUT2D eigenvalue weighted by Crippen LogP contribution is -2.30. The fourth-order valence-corrected chi connectivity index (χ4v) is 5.23. The molecule has 0 saturated carbocycles. The first-order valence-corrected chi connectivity index (χ1v) is 13.6. The number of carbonyl (C=O) groups is 1. The molecule has 198 valence electrons. The van der Waals surface area contributed by atoms with Crippen LogP contribution in [-0.2, 0) is 32.6 Å². The van der Waals surface area contributed by atoms with Gasteiger partial charge in [0.05, 0.1) is 10.6 Å². The predicted molar refractivity (Wildman–Crippen MR) is 144 cm³/mol. The van der Waals surface area contributed by atoms with Crippen LogP contribution in [0.25, 0.3) is 5.69 Å². The van der Waals surface area contributed by atoms with Gasteiger partial charge in [0.15, 0.2) is 6.61 Å². The number of esters is 1. The van der Waals surface area contributed by atoms with Crippen LogP contribution in [-0.4, -0.2) is 40.7 Å². The average Bonchev–Trinajstić information content (AvgIpc) is 3.42. The van der Waals surface area contributed by atoms with Gasteiger partial charge in [-0.05, 0) is 74.4 Å². The van der Waals surface area contributed by atoms with Gasteiger partial charge >= 0.3 is 5.97 Å². The molecule has 1 aromatic heterocycles. The lowest BCUT2D eigenvalue weighted by Gasteiger charge is -2.23. The summed E-state index contributed by atoms with van der Waals surface area (Å²) >= 11 is 0. The Morgan fingerprint density at radius 2 is 1.61 bits per heavy atom. The van der Waals surface area contributed by atoms with Crippen molar-refractivity contribution in [1.29, 1.82) is 0 Å². The summed E-state index contributed by atoms with van der Waals surface area (Å²) in [6, 6.07) is 24.8. The maximum Gasteiger partial charge on any atom is 0.344 e. The highest BCUT2D eigenvalue weighted by atomic mass is 32.2. The molecule has 0 aliphatic carbocycles. The van der Waals surface area contributed by atoms with E-state index in [9.17, 15) is 13.2 Å². The van der Waals surface area contributed by atoms with E-state index in [1.807, 2.05) is 42.6 Å². The first-order valence-electron chi connectivity index (χ1n) is 12.2. The highest BCUT2D eigenvalue weighted by Crippen LogP contribution is 2.23. The second-order valence-electron chi connectivity index (χ2n) is 9.73. The molecular formula is C29H31N3O5S. The van der Waals surface area contributed by atoms with Crippen LogP contribution in [0.1, 0.15) is 31.9 Å². The number of ether oxygens (including phenoxy) is 2. The van der Waals surface area contributed by atoms with E-state index in [1.165, 1.54) is 4.31 Å². The summed E-state index contributed by atoms with van der Waals surface area (Å²) in [7, 11) is -3.81. The predicted octanol–water partition coefficient (Wildman–Crippen LogP) is 4.98. The molecule has 38 heavy (non-hydrogen) atoms. The van der Waals surface area contributed by atoms with Crippen molar-refractivity contribution in [2.24, 2.45) is 0 Å². The molecule has 0 amide bonds. The van der Waals surface area contributed by atoms with Crippen LogP contribution in [0.3, 0.4) is 0 Å². The van der Waals surface area contributed by atoms with E-state index in [-0.39, 0.29) is 24.6 Å². The highest BCUT2D eigenvalue weighted by Gasteiger charge is 2.25. The van der Waals surface area contributed by atoms with Gasteiger partial charge in [-0.3, -0.25) is 0 Å². The molecular weight excluding hydrogens is 502 g/mol. The smallest absolute Gasteiger partial charge is 0.344 e. The van der Waals surface area contributed by atoms with Gasteiger partial charge in [-0.25, -0.2) is 17.9 Å². The van der Waals surface area contributed by atoms with Gasteiger partial charge in [0.2, 0.25) is 10.0 Å². The average molecular weight is 534 g/mol. The van der Waals surface area contributed by atoms with Crippen LogP contribution >= 0.6 is 0 Å². The summed E-state index contributed by atoms with van der Waals surface area (Å²) in [6.45, 7) is 5.41. The van der Waals surface area contributed by atoms with Gasteiger partial charge in [-0.15, -0.1) is 0 Å². The quantitative estimate of drug-likeness (QED) is 0.267. The Morgan fingerprint density at radius 1 is 0.895 bits per heavy atom. The standard InChI is InChI=1S/C29H31N3O5S/c1-29(2,3)37-28(33)22-36-26-10-7-9-24(19-26)21-31(38(34,35)27-11-5-4-6-12-27)20-23-13-15-25(16-14-23)32-18-8-17-30-32/h4-19H,20-22H2,1-3H3. The fraction of sp³-hybridized carbons (Fsp3) is 0.241. The molecule has 0 saturated heterocycles. The van der Waals surface area contributed by atoms with Crippen LogP contribution in [0.5, 0.6) is 5.75 Å². The molecule has 4 aromatic rings. The van der Waals surface area contributed by atoms with Crippen LogP contribution in [0.2, 0.25) is 0 Å². The van der Waals surface area contributed by atoms with Crippen molar-refractivity contribution in [1.82, 2.24) is 14.1 Å². The zero-order chi connectivity index (χ0) is 27.2. The summed E-state index contributed by atoms with van der Waals surface area (Å²) < 4.78 is 41.4. The first kappa shape index (κ1) is 27.1. The van der Waals surface area contributed by atoms with E-state index in [2.05, 4.69) is 5.10 Å². The highest BCUT2D eigenvalue weighted by molar-refractivity contribution is 7.89. The van der Waals surface area contributed by atoms with Crippen LogP contribution in [0, 0.1) is 0 Å². The molecule has 9 heteroatoms. The van der Waals surface area contributed by atoms with Crippen molar-refractivity contribution >= 4 is 16.0 Å². The lowest BCUT2D eigenvalue weighted by molar-refractivity contribution is -0.157. The van der Waals surface area contributed by atoms with Crippen LogP contribution in [0.4, 0.5) is 0 Å². The number of sulfonamides is 1. The Kier molecular flexibility index (Phi) is 8.29. The summed E-state index contributed by atoms with van der Waals surface area (Å²) in [5, 5.41) is 4.23. The van der Waals surface area contributed by atoms with E-state index in [0.29, 0.717) is 5.75 Å². The van der Waals surface area contributed by atoms with Crippen molar-refractivity contribution in [3.8, 4) is 11.4 Å². The molecule has 8 nitrogen and oxygen atoms in total. The topological polar surface area (TPSA) is 90.7 Å². The number of hydrogen-bond acceptors (Lipinski definition) is 6. The molecule has 0 fully saturated rings. The third-order valence-electron chi connectivity index (χ3n) is 5.48.